The summed E-state index contributed by atoms with van der Waals surface area (Å²) in [4.78, 5) is 0. The van der Waals surface area contributed by atoms with E-state index in [-0.39, 0.29) is 0 Å². The third-order valence-electron chi connectivity index (χ3n) is 1.81. The average Bonchev–Trinajstić information content (AvgIpc) is 2.12. The van der Waals surface area contributed by atoms with E-state index in [1.54, 1.807) is 0 Å². The summed E-state index contributed by atoms with van der Waals surface area (Å²) in [6.45, 7) is 0. The number of hydrogen-bond acceptors (Lipinski definition) is 2. The summed E-state index contributed by atoms with van der Waals surface area (Å²) in [5, 5.41) is 9.46. The van der Waals surface area contributed by atoms with Crippen LogP contribution < -0.4 is 4.74 Å². The van der Waals surface area contributed by atoms with Gasteiger partial charge in [-0.15, -0.1) is 13.2 Å². The first-order valence-electron chi connectivity index (χ1n) is 4.30. The lowest BCUT2D eigenvalue weighted by atomic mass is 10.1. The van der Waals surface area contributed by atoms with Crippen LogP contribution in [0.25, 0.3) is 0 Å². The second-order valence-corrected chi connectivity index (χ2v) is 5.54. The SMILES string of the molecule is OC(c1ccc(OC(F)(F)F)cc1F)C(Cl)(Cl)Cl. The molecule has 0 aromatic heterocycles. The van der Waals surface area contributed by atoms with Gasteiger partial charge in [-0.1, -0.05) is 34.8 Å². The maximum atomic E-state index is 13.4. The van der Waals surface area contributed by atoms with Crippen LogP contribution in [0.3, 0.4) is 0 Å². The number of aliphatic hydroxyl groups excluding tert-OH is 1. The molecule has 0 radical (unpaired) electrons. The predicted molar refractivity (Wildman–Crippen MR) is 58.3 cm³/mol. The average molecular weight is 327 g/mol. The van der Waals surface area contributed by atoms with E-state index in [0.29, 0.717) is 6.07 Å². The maximum Gasteiger partial charge on any atom is 0.573 e. The van der Waals surface area contributed by atoms with Crippen molar-refractivity contribution in [2.24, 2.45) is 0 Å². The van der Waals surface area contributed by atoms with E-state index >= 15 is 0 Å². The lowest BCUT2D eigenvalue weighted by Crippen LogP contribution is -2.19. The van der Waals surface area contributed by atoms with E-state index in [0.717, 1.165) is 12.1 Å². The smallest absolute Gasteiger partial charge is 0.406 e. The van der Waals surface area contributed by atoms with Gasteiger partial charge in [0.2, 0.25) is 3.79 Å². The van der Waals surface area contributed by atoms with Gasteiger partial charge in [0.25, 0.3) is 0 Å². The molecule has 0 aliphatic carbocycles. The number of aliphatic hydroxyl groups is 1. The van der Waals surface area contributed by atoms with Crippen molar-refractivity contribution >= 4 is 34.8 Å². The molecule has 0 bridgehead atoms. The van der Waals surface area contributed by atoms with Crippen molar-refractivity contribution in [2.45, 2.75) is 16.3 Å². The van der Waals surface area contributed by atoms with Crippen LogP contribution in [0.15, 0.2) is 18.2 Å². The summed E-state index contributed by atoms with van der Waals surface area (Å²) >= 11 is 16.0. The van der Waals surface area contributed by atoms with Crippen LogP contribution in [0.2, 0.25) is 0 Å². The van der Waals surface area contributed by atoms with Gasteiger partial charge in [-0.05, 0) is 12.1 Å². The minimum Gasteiger partial charge on any atom is -0.406 e. The number of rotatable bonds is 2. The number of benzene rings is 1. The molecule has 2 nitrogen and oxygen atoms in total. The molecule has 1 atom stereocenters. The van der Waals surface area contributed by atoms with E-state index in [9.17, 15) is 22.7 Å². The number of alkyl halides is 6. The molecule has 1 N–H and O–H groups in total. The highest BCUT2D eigenvalue weighted by molar-refractivity contribution is 6.68. The number of ether oxygens (including phenoxy) is 1. The van der Waals surface area contributed by atoms with Crippen LogP contribution in [0.5, 0.6) is 5.75 Å². The Morgan fingerprint density at radius 2 is 1.72 bits per heavy atom. The molecule has 102 valence electrons. The molecule has 0 heterocycles. The van der Waals surface area contributed by atoms with Crippen molar-refractivity contribution in [2.75, 3.05) is 0 Å². The number of hydrogen-bond donors (Lipinski definition) is 1. The first-order valence-corrected chi connectivity index (χ1v) is 5.44. The van der Waals surface area contributed by atoms with Gasteiger partial charge >= 0.3 is 6.36 Å². The summed E-state index contributed by atoms with van der Waals surface area (Å²) in [6, 6.07) is 2.07. The predicted octanol–water partition coefficient (Wildman–Crippen LogP) is 4.13. The Labute approximate surface area is 114 Å². The van der Waals surface area contributed by atoms with Crippen LogP contribution in [-0.4, -0.2) is 15.3 Å². The Bertz CT molecular complexity index is 431. The van der Waals surface area contributed by atoms with Crippen LogP contribution in [0.4, 0.5) is 17.6 Å². The molecule has 0 aliphatic heterocycles. The zero-order valence-electron chi connectivity index (χ0n) is 8.31. The monoisotopic (exact) mass is 326 g/mol. The van der Waals surface area contributed by atoms with E-state index in [1.165, 1.54) is 0 Å². The second-order valence-electron chi connectivity index (χ2n) is 3.18. The molecule has 0 amide bonds. The van der Waals surface area contributed by atoms with Gasteiger partial charge in [0, 0.05) is 11.6 Å². The molecule has 1 aromatic carbocycles. The van der Waals surface area contributed by atoms with Crippen molar-refractivity contribution < 1.29 is 27.4 Å². The molecular formula is C9H5Cl3F4O2. The molecule has 1 rings (SSSR count). The Balaban J connectivity index is 3.00. The Morgan fingerprint density at radius 1 is 1.17 bits per heavy atom. The van der Waals surface area contributed by atoms with Crippen LogP contribution in [0.1, 0.15) is 11.7 Å². The van der Waals surface area contributed by atoms with Crippen molar-refractivity contribution in [1.29, 1.82) is 0 Å². The summed E-state index contributed by atoms with van der Waals surface area (Å²) in [7, 11) is 0. The van der Waals surface area contributed by atoms with Crippen molar-refractivity contribution in [3.8, 4) is 5.75 Å². The van der Waals surface area contributed by atoms with E-state index in [4.69, 9.17) is 34.8 Å². The summed E-state index contributed by atoms with van der Waals surface area (Å²) in [5.41, 5.74) is -0.454. The molecule has 1 aromatic rings. The fraction of sp³-hybridized carbons (Fsp3) is 0.333. The minimum absolute atomic E-state index is 0.433. The molecule has 1 unspecified atom stereocenters. The second kappa shape index (κ2) is 5.28. The highest BCUT2D eigenvalue weighted by Crippen LogP contribution is 2.41. The highest BCUT2D eigenvalue weighted by Gasteiger charge is 2.35. The van der Waals surface area contributed by atoms with Crippen LogP contribution in [-0.2, 0) is 0 Å². The fourth-order valence-corrected chi connectivity index (χ4v) is 1.46. The lowest BCUT2D eigenvalue weighted by molar-refractivity contribution is -0.274. The van der Waals surface area contributed by atoms with Crippen molar-refractivity contribution in [3.05, 3.63) is 29.6 Å². The van der Waals surface area contributed by atoms with E-state index in [2.05, 4.69) is 4.74 Å². The first kappa shape index (κ1) is 15.6. The molecule has 0 spiro atoms. The van der Waals surface area contributed by atoms with Gasteiger partial charge in [-0.3, -0.25) is 0 Å². The first-order chi connectivity index (χ1) is 8.00. The molecular weight excluding hydrogens is 322 g/mol. The quantitative estimate of drug-likeness (QED) is 0.654. The van der Waals surface area contributed by atoms with Gasteiger partial charge in [-0.2, -0.15) is 0 Å². The largest absolute Gasteiger partial charge is 0.573 e. The third kappa shape index (κ3) is 4.35. The number of halogens is 7. The Kier molecular flexibility index (Phi) is 4.59. The summed E-state index contributed by atoms with van der Waals surface area (Å²) < 4.78 is 50.3. The Morgan fingerprint density at radius 3 is 2.11 bits per heavy atom. The van der Waals surface area contributed by atoms with Gasteiger partial charge in [0.05, 0.1) is 0 Å². The molecule has 9 heteroatoms. The van der Waals surface area contributed by atoms with E-state index in [1.807, 2.05) is 0 Å². The minimum atomic E-state index is -4.94. The lowest BCUT2D eigenvalue weighted by Gasteiger charge is -2.20. The van der Waals surface area contributed by atoms with Crippen molar-refractivity contribution in [3.63, 3.8) is 0 Å². The summed E-state index contributed by atoms with van der Waals surface area (Å²) in [6.07, 6.45) is -6.76. The highest BCUT2D eigenvalue weighted by atomic mass is 35.6. The molecule has 18 heavy (non-hydrogen) atoms. The van der Waals surface area contributed by atoms with E-state index < -0.39 is 33.4 Å². The topological polar surface area (TPSA) is 29.5 Å². The summed E-state index contributed by atoms with van der Waals surface area (Å²) in [5.74, 6) is -1.96. The maximum absolute atomic E-state index is 13.4. The van der Waals surface area contributed by atoms with Crippen molar-refractivity contribution in [1.82, 2.24) is 0 Å². The molecule has 0 saturated heterocycles. The standard InChI is InChI=1S/C9H5Cl3F4O2/c10-8(11,12)7(17)5-2-1-4(3-6(5)13)18-9(14,15)16/h1-3,7,17H. The van der Waals surface area contributed by atoms with Gasteiger partial charge in [-0.25, -0.2) is 4.39 Å². The molecule has 0 saturated carbocycles. The molecule has 0 aliphatic rings. The zero-order chi connectivity index (χ0) is 14.1. The fourth-order valence-electron chi connectivity index (χ4n) is 1.10. The van der Waals surface area contributed by atoms with Crippen LogP contribution in [0, 0.1) is 5.82 Å². The van der Waals surface area contributed by atoms with Gasteiger partial charge < -0.3 is 9.84 Å². The van der Waals surface area contributed by atoms with Crippen LogP contribution >= 0.6 is 34.8 Å². The zero-order valence-corrected chi connectivity index (χ0v) is 10.6. The normalized spacial score (nSPS) is 14.4. The molecule has 0 fully saturated rings. The Hall–Kier alpha value is -0.430. The third-order valence-corrected chi connectivity index (χ3v) is 2.43. The van der Waals surface area contributed by atoms with Gasteiger partial charge in [0.1, 0.15) is 17.7 Å². The van der Waals surface area contributed by atoms with Gasteiger partial charge in [0.15, 0.2) is 0 Å².